The summed E-state index contributed by atoms with van der Waals surface area (Å²) in [6.07, 6.45) is 4.04. The van der Waals surface area contributed by atoms with Gasteiger partial charge in [0.05, 0.1) is 19.9 Å². The lowest BCUT2D eigenvalue weighted by Gasteiger charge is -2.13. The number of hydrogen-bond acceptors (Lipinski definition) is 3. The van der Waals surface area contributed by atoms with Gasteiger partial charge in [-0.05, 0) is 55.1 Å². The molecule has 112 valence electrons. The van der Waals surface area contributed by atoms with Crippen LogP contribution < -0.4 is 14.8 Å². The summed E-state index contributed by atoms with van der Waals surface area (Å²) in [7, 11) is 3.23. The van der Waals surface area contributed by atoms with Crippen LogP contribution in [0.5, 0.6) is 11.5 Å². The van der Waals surface area contributed by atoms with E-state index in [4.69, 9.17) is 9.47 Å². The zero-order valence-electron chi connectivity index (χ0n) is 12.5. The summed E-state index contributed by atoms with van der Waals surface area (Å²) in [6, 6.07) is 5.49. The first kappa shape index (κ1) is 13.0. The van der Waals surface area contributed by atoms with Gasteiger partial charge in [-0.15, -0.1) is 0 Å². The maximum Gasteiger partial charge on any atom is 0.228 e. The number of hydrogen-bond donors (Lipinski definition) is 1. The molecule has 3 fully saturated rings. The van der Waals surface area contributed by atoms with Gasteiger partial charge in [-0.25, -0.2) is 0 Å². The van der Waals surface area contributed by atoms with Gasteiger partial charge in [-0.1, -0.05) is 0 Å². The Hall–Kier alpha value is -1.71. The standard InChI is InChI=1S/C17H21NO3/c1-20-11-5-6-12(13(8-11)21-2)18-17(19)16-14-9-3-4-10(7-9)15(14)16/h5-6,8-10,14-16H,3-4,7H2,1-2H3,(H,18,19)/t9-,10-,14-,15+,16?/m1/s1. The summed E-state index contributed by atoms with van der Waals surface area (Å²) in [6.45, 7) is 0. The minimum absolute atomic E-state index is 0.171. The fourth-order valence-electron chi connectivity index (χ4n) is 4.79. The molecule has 21 heavy (non-hydrogen) atoms. The Labute approximate surface area is 124 Å². The molecule has 0 aromatic heterocycles. The van der Waals surface area contributed by atoms with Gasteiger partial charge in [0.15, 0.2) is 0 Å². The number of methoxy groups -OCH3 is 2. The Morgan fingerprint density at radius 2 is 1.86 bits per heavy atom. The van der Waals surface area contributed by atoms with E-state index in [2.05, 4.69) is 5.32 Å². The van der Waals surface area contributed by atoms with Crippen LogP contribution in [0.2, 0.25) is 0 Å². The fourth-order valence-corrected chi connectivity index (χ4v) is 4.79. The van der Waals surface area contributed by atoms with Crippen LogP contribution in [0.3, 0.4) is 0 Å². The minimum atomic E-state index is 0.171. The molecule has 2 bridgehead atoms. The van der Waals surface area contributed by atoms with Gasteiger partial charge in [0.2, 0.25) is 5.91 Å². The van der Waals surface area contributed by atoms with E-state index in [1.165, 1.54) is 19.3 Å². The third kappa shape index (κ3) is 1.92. The summed E-state index contributed by atoms with van der Waals surface area (Å²) in [4.78, 5) is 12.5. The van der Waals surface area contributed by atoms with Crippen LogP contribution in [0.1, 0.15) is 19.3 Å². The van der Waals surface area contributed by atoms with Crippen LogP contribution in [0.4, 0.5) is 5.69 Å². The first-order valence-electron chi connectivity index (χ1n) is 7.76. The third-order valence-corrected chi connectivity index (χ3v) is 5.70. The highest BCUT2D eigenvalue weighted by atomic mass is 16.5. The van der Waals surface area contributed by atoms with Crippen molar-refractivity contribution < 1.29 is 14.3 Å². The number of benzene rings is 1. The molecule has 0 saturated heterocycles. The largest absolute Gasteiger partial charge is 0.497 e. The van der Waals surface area contributed by atoms with Gasteiger partial charge < -0.3 is 14.8 Å². The van der Waals surface area contributed by atoms with Crippen molar-refractivity contribution >= 4 is 11.6 Å². The van der Waals surface area contributed by atoms with Gasteiger partial charge >= 0.3 is 0 Å². The quantitative estimate of drug-likeness (QED) is 0.926. The molecule has 1 amide bonds. The average Bonchev–Trinajstić information content (AvgIpc) is 2.96. The molecule has 5 atom stereocenters. The van der Waals surface area contributed by atoms with Crippen LogP contribution in [0.15, 0.2) is 18.2 Å². The highest BCUT2D eigenvalue weighted by molar-refractivity contribution is 5.96. The number of carbonyl (C=O) groups excluding carboxylic acids is 1. The van der Waals surface area contributed by atoms with E-state index in [9.17, 15) is 4.79 Å². The van der Waals surface area contributed by atoms with Crippen LogP contribution in [-0.4, -0.2) is 20.1 Å². The monoisotopic (exact) mass is 287 g/mol. The lowest BCUT2D eigenvalue weighted by molar-refractivity contribution is -0.118. The minimum Gasteiger partial charge on any atom is -0.497 e. The zero-order chi connectivity index (χ0) is 14.6. The third-order valence-electron chi connectivity index (χ3n) is 5.70. The smallest absolute Gasteiger partial charge is 0.228 e. The van der Waals surface area contributed by atoms with Crippen LogP contribution in [-0.2, 0) is 4.79 Å². The van der Waals surface area contributed by atoms with Crippen molar-refractivity contribution in [3.05, 3.63) is 18.2 Å². The number of anilines is 1. The van der Waals surface area contributed by atoms with E-state index in [-0.39, 0.29) is 11.8 Å². The number of rotatable bonds is 4. The molecule has 1 aromatic carbocycles. The van der Waals surface area contributed by atoms with E-state index in [1.807, 2.05) is 12.1 Å². The Bertz CT molecular complexity index is 569. The molecule has 4 heteroatoms. The van der Waals surface area contributed by atoms with E-state index >= 15 is 0 Å². The van der Waals surface area contributed by atoms with Gasteiger partial charge in [-0.3, -0.25) is 4.79 Å². The number of carbonyl (C=O) groups is 1. The first-order valence-corrected chi connectivity index (χ1v) is 7.76. The Morgan fingerprint density at radius 3 is 2.48 bits per heavy atom. The molecule has 1 N–H and O–H groups in total. The maximum atomic E-state index is 12.5. The summed E-state index contributed by atoms with van der Waals surface area (Å²) in [5, 5.41) is 3.05. The number of amides is 1. The number of fused-ring (bicyclic) bond motifs is 5. The highest BCUT2D eigenvalue weighted by Crippen LogP contribution is 2.69. The number of ether oxygens (including phenoxy) is 2. The molecule has 0 heterocycles. The lowest BCUT2D eigenvalue weighted by Crippen LogP contribution is -2.19. The molecule has 3 aliphatic carbocycles. The van der Waals surface area contributed by atoms with Crippen molar-refractivity contribution in [1.29, 1.82) is 0 Å². The predicted molar refractivity (Wildman–Crippen MR) is 79.5 cm³/mol. The molecule has 0 radical (unpaired) electrons. The fraction of sp³-hybridized carbons (Fsp3) is 0.588. The predicted octanol–water partition coefficient (Wildman–Crippen LogP) is 2.93. The zero-order valence-corrected chi connectivity index (χ0v) is 12.5. The SMILES string of the molecule is COc1ccc(NC(=O)C2[C@@H]3[C@@H]4CC[C@H](C4)[C@H]23)c(OC)c1. The Balaban J connectivity index is 1.48. The van der Waals surface area contributed by atoms with E-state index in [0.29, 0.717) is 17.6 Å². The van der Waals surface area contributed by atoms with Crippen molar-refractivity contribution in [3.8, 4) is 11.5 Å². The first-order chi connectivity index (χ1) is 10.2. The molecule has 0 spiro atoms. The van der Waals surface area contributed by atoms with Crippen LogP contribution in [0.25, 0.3) is 0 Å². The Kier molecular flexibility index (Phi) is 2.88. The summed E-state index contributed by atoms with van der Waals surface area (Å²) in [5.41, 5.74) is 0.737. The van der Waals surface area contributed by atoms with E-state index in [1.54, 1.807) is 20.3 Å². The van der Waals surface area contributed by atoms with Crippen LogP contribution in [0, 0.1) is 29.6 Å². The normalized spacial score (nSPS) is 35.2. The molecular weight excluding hydrogens is 266 g/mol. The van der Waals surface area contributed by atoms with Gasteiger partial charge in [0.25, 0.3) is 0 Å². The second-order valence-electron chi connectivity index (χ2n) is 6.57. The summed E-state index contributed by atoms with van der Waals surface area (Å²) in [5.74, 6) is 4.74. The lowest BCUT2D eigenvalue weighted by atomic mass is 10.0. The van der Waals surface area contributed by atoms with Gasteiger partial charge in [-0.2, -0.15) is 0 Å². The molecule has 0 aliphatic heterocycles. The maximum absolute atomic E-state index is 12.5. The van der Waals surface area contributed by atoms with Crippen molar-refractivity contribution in [1.82, 2.24) is 0 Å². The number of nitrogens with one attached hydrogen (secondary N) is 1. The van der Waals surface area contributed by atoms with Crippen molar-refractivity contribution in [2.75, 3.05) is 19.5 Å². The van der Waals surface area contributed by atoms with E-state index < -0.39 is 0 Å². The molecular formula is C17H21NO3. The second-order valence-corrected chi connectivity index (χ2v) is 6.57. The molecule has 1 unspecified atom stereocenters. The molecule has 3 aliphatic rings. The highest BCUT2D eigenvalue weighted by Gasteiger charge is 2.67. The van der Waals surface area contributed by atoms with Crippen molar-refractivity contribution in [2.45, 2.75) is 19.3 Å². The van der Waals surface area contributed by atoms with Crippen molar-refractivity contribution in [3.63, 3.8) is 0 Å². The van der Waals surface area contributed by atoms with E-state index in [0.717, 1.165) is 23.3 Å². The average molecular weight is 287 g/mol. The molecule has 4 rings (SSSR count). The topological polar surface area (TPSA) is 47.6 Å². The summed E-state index contributed by atoms with van der Waals surface area (Å²) >= 11 is 0. The Morgan fingerprint density at radius 1 is 1.14 bits per heavy atom. The molecule has 1 aromatic rings. The van der Waals surface area contributed by atoms with Gasteiger partial charge in [0, 0.05) is 12.0 Å². The second kappa shape index (κ2) is 4.65. The molecule has 4 nitrogen and oxygen atoms in total. The van der Waals surface area contributed by atoms with Crippen LogP contribution >= 0.6 is 0 Å². The van der Waals surface area contributed by atoms with Gasteiger partial charge in [0.1, 0.15) is 11.5 Å². The summed E-state index contributed by atoms with van der Waals surface area (Å²) < 4.78 is 10.5. The molecule has 3 saturated carbocycles. The van der Waals surface area contributed by atoms with Crippen molar-refractivity contribution in [2.24, 2.45) is 29.6 Å².